The zero-order valence-corrected chi connectivity index (χ0v) is 20.0. The number of rotatable bonds is 7. The molecule has 37 heavy (non-hydrogen) atoms. The Bertz CT molecular complexity index is 1390. The molecule has 4 amide bonds. The van der Waals surface area contributed by atoms with Gasteiger partial charge in [-0.15, -0.1) is 0 Å². The van der Waals surface area contributed by atoms with Crippen molar-refractivity contribution in [3.63, 3.8) is 0 Å². The number of oxazole rings is 1. The third kappa shape index (κ3) is 4.79. The van der Waals surface area contributed by atoms with E-state index in [-0.39, 0.29) is 52.7 Å². The van der Waals surface area contributed by atoms with Crippen LogP contribution in [0.15, 0.2) is 28.7 Å². The number of methoxy groups -OCH3 is 1. The molecule has 0 saturated carbocycles. The van der Waals surface area contributed by atoms with E-state index in [4.69, 9.17) is 14.9 Å². The molecule has 0 radical (unpaired) electrons. The highest BCUT2D eigenvalue weighted by Gasteiger charge is 2.37. The van der Waals surface area contributed by atoms with Crippen LogP contribution in [0.1, 0.15) is 41.8 Å². The number of alkyl halides is 3. The fourth-order valence-electron chi connectivity index (χ4n) is 3.91. The first-order valence-electron chi connectivity index (χ1n) is 11.2. The zero-order valence-electron chi connectivity index (χ0n) is 20.0. The number of aromatic nitrogens is 2. The first-order chi connectivity index (χ1) is 17.5. The highest BCUT2D eigenvalue weighted by Crippen LogP contribution is 2.37. The van der Waals surface area contributed by atoms with Crippen LogP contribution in [0.25, 0.3) is 22.4 Å². The molecule has 14 heteroatoms. The number of imide groups is 1. The zero-order chi connectivity index (χ0) is 27.1. The van der Waals surface area contributed by atoms with Crippen LogP contribution >= 0.6 is 0 Å². The number of benzene rings is 1. The molecule has 4 rings (SSSR count). The maximum atomic E-state index is 13.2. The van der Waals surface area contributed by atoms with Crippen LogP contribution in [0.2, 0.25) is 0 Å². The van der Waals surface area contributed by atoms with E-state index in [2.05, 4.69) is 20.6 Å². The number of amides is 4. The average Bonchev–Trinajstić information content (AvgIpc) is 3.41. The second-order valence-corrected chi connectivity index (χ2v) is 8.22. The molecular weight excluding hydrogens is 497 g/mol. The quantitative estimate of drug-likeness (QED) is 0.402. The number of carbonyl (C=O) groups is 3. The molecule has 1 aromatic carbocycles. The van der Waals surface area contributed by atoms with Gasteiger partial charge in [-0.05, 0) is 38.1 Å². The highest BCUT2D eigenvalue weighted by atomic mass is 19.4. The number of ether oxygens (including phenoxy) is 1. The van der Waals surface area contributed by atoms with Gasteiger partial charge in [0.2, 0.25) is 5.89 Å². The maximum absolute atomic E-state index is 13.2. The predicted octanol–water partition coefficient (Wildman–Crippen LogP) is 2.61. The van der Waals surface area contributed by atoms with Gasteiger partial charge in [0.1, 0.15) is 23.0 Å². The Hall–Kier alpha value is -4.20. The van der Waals surface area contributed by atoms with Gasteiger partial charge in [0, 0.05) is 24.0 Å². The molecule has 3 heterocycles. The second-order valence-electron chi connectivity index (χ2n) is 8.22. The first-order valence-corrected chi connectivity index (χ1v) is 11.2. The Morgan fingerprint density at radius 3 is 2.59 bits per heavy atom. The monoisotopic (exact) mass is 520 g/mol. The summed E-state index contributed by atoms with van der Waals surface area (Å²) >= 11 is 0. The largest absolute Gasteiger partial charge is 0.494 e. The summed E-state index contributed by atoms with van der Waals surface area (Å²) in [5.74, 6) is -1.14. The number of nitrogens with zero attached hydrogens (tertiary/aromatic N) is 3. The van der Waals surface area contributed by atoms with Gasteiger partial charge in [-0.3, -0.25) is 14.5 Å². The standard InChI is InChI=1S/C23H23F3N6O5/c1-4-32-21(34)13(29-22(32)35)9-28-19(33)17-18(10(2)27)37-20(31-17)12-5-7-14(36-3)16-11(12)6-8-15(30-16)23(24,25)26/h5-8,10,13H,4,9,27H2,1-3H3,(H,28,33)(H,29,35)/t10-,13-/m0/s1. The molecular formula is C23H23F3N6O5. The topological polar surface area (TPSA) is 153 Å². The Kier molecular flexibility index (Phi) is 6.78. The summed E-state index contributed by atoms with van der Waals surface area (Å²) in [4.78, 5) is 46.0. The number of likely N-dealkylation sites (N-methyl/N-ethyl adjacent to an activating group) is 1. The van der Waals surface area contributed by atoms with Gasteiger partial charge in [-0.1, -0.05) is 0 Å². The Morgan fingerprint density at radius 2 is 2.00 bits per heavy atom. The van der Waals surface area contributed by atoms with Crippen LogP contribution < -0.4 is 21.1 Å². The van der Waals surface area contributed by atoms with Crippen molar-refractivity contribution >= 4 is 28.7 Å². The van der Waals surface area contributed by atoms with Crippen LogP contribution in [-0.4, -0.2) is 59.0 Å². The first kappa shape index (κ1) is 25.9. The predicted molar refractivity (Wildman–Crippen MR) is 123 cm³/mol. The van der Waals surface area contributed by atoms with E-state index < -0.39 is 41.8 Å². The number of halogens is 3. The van der Waals surface area contributed by atoms with Gasteiger partial charge in [0.25, 0.3) is 11.8 Å². The summed E-state index contributed by atoms with van der Waals surface area (Å²) in [6.07, 6.45) is -4.67. The van der Waals surface area contributed by atoms with Gasteiger partial charge < -0.3 is 25.5 Å². The SMILES string of the molecule is CCN1C(=O)N[C@@H](CNC(=O)c2nc(-c3ccc(OC)c4nc(C(F)(F)F)ccc34)oc2[C@H](C)N)C1=O. The minimum atomic E-state index is -4.67. The number of fused-ring (bicyclic) bond motifs is 1. The van der Waals surface area contributed by atoms with Crippen LogP contribution in [-0.2, 0) is 11.0 Å². The summed E-state index contributed by atoms with van der Waals surface area (Å²) < 4.78 is 50.7. The molecule has 2 aromatic heterocycles. The number of urea groups is 1. The van der Waals surface area contributed by atoms with Crippen molar-refractivity contribution in [2.45, 2.75) is 32.1 Å². The van der Waals surface area contributed by atoms with E-state index in [0.29, 0.717) is 0 Å². The molecule has 1 aliphatic rings. The Labute approximate surface area is 208 Å². The average molecular weight is 520 g/mol. The van der Waals surface area contributed by atoms with E-state index >= 15 is 0 Å². The van der Waals surface area contributed by atoms with E-state index in [1.807, 2.05) is 0 Å². The fourth-order valence-corrected chi connectivity index (χ4v) is 3.91. The second kappa shape index (κ2) is 9.69. The van der Waals surface area contributed by atoms with Crippen LogP contribution in [0.4, 0.5) is 18.0 Å². The summed E-state index contributed by atoms with van der Waals surface area (Å²) in [6.45, 7) is 3.19. The van der Waals surface area contributed by atoms with Crippen molar-refractivity contribution in [2.24, 2.45) is 5.73 Å². The lowest BCUT2D eigenvalue weighted by molar-refractivity contribution is -0.141. The van der Waals surface area contributed by atoms with Crippen molar-refractivity contribution in [2.75, 3.05) is 20.2 Å². The lowest BCUT2D eigenvalue weighted by Gasteiger charge is -2.11. The number of hydrogen-bond acceptors (Lipinski definition) is 8. The lowest BCUT2D eigenvalue weighted by Crippen LogP contribution is -2.42. The van der Waals surface area contributed by atoms with Crippen LogP contribution in [0.3, 0.4) is 0 Å². The molecule has 0 unspecified atom stereocenters. The Morgan fingerprint density at radius 1 is 1.27 bits per heavy atom. The number of carbonyl (C=O) groups excluding carboxylic acids is 3. The van der Waals surface area contributed by atoms with Crippen molar-refractivity contribution in [1.29, 1.82) is 0 Å². The third-order valence-corrected chi connectivity index (χ3v) is 5.73. The maximum Gasteiger partial charge on any atom is 0.433 e. The van der Waals surface area contributed by atoms with Crippen molar-refractivity contribution in [1.82, 2.24) is 25.5 Å². The molecule has 4 N–H and O–H groups in total. The van der Waals surface area contributed by atoms with Gasteiger partial charge in [-0.25, -0.2) is 14.8 Å². The summed E-state index contributed by atoms with van der Waals surface area (Å²) in [5.41, 5.74) is 4.89. The Balaban J connectivity index is 1.68. The number of nitrogens with two attached hydrogens (primary N) is 1. The van der Waals surface area contributed by atoms with Crippen LogP contribution in [0.5, 0.6) is 5.75 Å². The smallest absolute Gasteiger partial charge is 0.433 e. The van der Waals surface area contributed by atoms with E-state index in [9.17, 15) is 27.6 Å². The number of nitrogens with one attached hydrogen (secondary N) is 2. The minimum absolute atomic E-state index is 0.0216. The van der Waals surface area contributed by atoms with E-state index in [1.54, 1.807) is 13.8 Å². The van der Waals surface area contributed by atoms with Gasteiger partial charge >= 0.3 is 12.2 Å². The summed E-state index contributed by atoms with van der Waals surface area (Å²) in [6, 6.07) is 2.69. The van der Waals surface area contributed by atoms with Gasteiger partial charge in [0.05, 0.1) is 13.2 Å². The molecule has 0 aliphatic carbocycles. The molecule has 1 fully saturated rings. The number of hydrogen-bond donors (Lipinski definition) is 3. The molecule has 0 bridgehead atoms. The van der Waals surface area contributed by atoms with Crippen molar-refractivity contribution < 1.29 is 36.7 Å². The molecule has 0 spiro atoms. The molecule has 196 valence electrons. The van der Waals surface area contributed by atoms with E-state index in [0.717, 1.165) is 11.0 Å². The summed E-state index contributed by atoms with van der Waals surface area (Å²) in [5, 5.41) is 5.27. The lowest BCUT2D eigenvalue weighted by atomic mass is 10.1. The van der Waals surface area contributed by atoms with Crippen LogP contribution in [0, 0.1) is 0 Å². The number of pyridine rings is 1. The minimum Gasteiger partial charge on any atom is -0.494 e. The van der Waals surface area contributed by atoms with Gasteiger partial charge in [-0.2, -0.15) is 13.2 Å². The van der Waals surface area contributed by atoms with Crippen molar-refractivity contribution in [3.8, 4) is 17.2 Å². The van der Waals surface area contributed by atoms with Gasteiger partial charge in [0.15, 0.2) is 11.5 Å². The molecule has 11 nitrogen and oxygen atoms in total. The third-order valence-electron chi connectivity index (χ3n) is 5.73. The normalized spacial score (nSPS) is 16.7. The summed E-state index contributed by atoms with van der Waals surface area (Å²) in [7, 11) is 1.30. The molecule has 1 saturated heterocycles. The molecule has 3 aromatic rings. The highest BCUT2D eigenvalue weighted by molar-refractivity contribution is 6.05. The fraction of sp³-hybridized carbons (Fsp3) is 0.348. The molecule has 1 aliphatic heterocycles. The van der Waals surface area contributed by atoms with E-state index in [1.165, 1.54) is 25.3 Å². The van der Waals surface area contributed by atoms with Crippen molar-refractivity contribution in [3.05, 3.63) is 41.4 Å². The molecule has 2 atom stereocenters.